The van der Waals surface area contributed by atoms with Crippen molar-refractivity contribution in [1.29, 1.82) is 0 Å². The second-order valence-electron chi connectivity index (χ2n) is 6.43. The molecule has 3 rings (SSSR count). The van der Waals surface area contributed by atoms with Gasteiger partial charge in [-0.1, -0.05) is 0 Å². The van der Waals surface area contributed by atoms with Gasteiger partial charge in [0.2, 0.25) is 5.91 Å². The van der Waals surface area contributed by atoms with Crippen molar-refractivity contribution in [2.45, 2.75) is 39.3 Å². The second-order valence-corrected chi connectivity index (χ2v) is 6.43. The summed E-state index contributed by atoms with van der Waals surface area (Å²) >= 11 is 0. The summed E-state index contributed by atoms with van der Waals surface area (Å²) in [5.74, 6) is 1.49. The molecule has 0 aliphatic carbocycles. The average Bonchev–Trinajstić information content (AvgIpc) is 3.08. The van der Waals surface area contributed by atoms with Crippen molar-refractivity contribution in [1.82, 2.24) is 14.5 Å². The third kappa shape index (κ3) is 3.12. The number of furan rings is 1. The Kier molecular flexibility index (Phi) is 4.28. The molecule has 2 aromatic rings. The van der Waals surface area contributed by atoms with Gasteiger partial charge in [0.25, 0.3) is 0 Å². The van der Waals surface area contributed by atoms with Gasteiger partial charge in [-0.05, 0) is 39.0 Å². The van der Waals surface area contributed by atoms with Gasteiger partial charge in [-0.3, -0.25) is 9.36 Å². The molecule has 128 valence electrons. The highest BCUT2D eigenvalue weighted by Crippen LogP contribution is 2.28. The Morgan fingerprint density at radius 3 is 2.71 bits per heavy atom. The van der Waals surface area contributed by atoms with Crippen LogP contribution < -0.4 is 11.4 Å². The Morgan fingerprint density at radius 2 is 2.08 bits per heavy atom. The van der Waals surface area contributed by atoms with Crippen LogP contribution in [0.4, 0.5) is 0 Å². The zero-order valence-electron chi connectivity index (χ0n) is 14.2. The van der Waals surface area contributed by atoms with Crippen LogP contribution in [0, 0.1) is 20.8 Å². The maximum Gasteiger partial charge on any atom is 0.348 e. The molecule has 0 radical (unpaired) electrons. The summed E-state index contributed by atoms with van der Waals surface area (Å²) < 4.78 is 7.05. The number of hydrogen-bond acceptors (Lipinski definition) is 5. The highest BCUT2D eigenvalue weighted by atomic mass is 16.3. The molecule has 0 bridgehead atoms. The van der Waals surface area contributed by atoms with E-state index in [0.29, 0.717) is 18.8 Å². The molecule has 0 saturated carbocycles. The van der Waals surface area contributed by atoms with Crippen molar-refractivity contribution in [3.63, 3.8) is 0 Å². The highest BCUT2D eigenvalue weighted by molar-refractivity contribution is 5.76. The Labute approximate surface area is 140 Å². The third-order valence-electron chi connectivity index (χ3n) is 4.48. The number of nitrogens with zero attached hydrogens (tertiary/aromatic N) is 3. The van der Waals surface area contributed by atoms with E-state index in [9.17, 15) is 9.59 Å². The second kappa shape index (κ2) is 6.24. The Bertz CT molecular complexity index is 823. The Hall–Kier alpha value is -2.41. The van der Waals surface area contributed by atoms with Gasteiger partial charge >= 0.3 is 5.69 Å². The summed E-state index contributed by atoms with van der Waals surface area (Å²) in [5.41, 5.74) is 7.16. The smallest absolute Gasteiger partial charge is 0.348 e. The number of amides is 1. The van der Waals surface area contributed by atoms with E-state index < -0.39 is 5.69 Å². The van der Waals surface area contributed by atoms with E-state index in [-0.39, 0.29) is 24.4 Å². The van der Waals surface area contributed by atoms with Crippen LogP contribution in [-0.2, 0) is 11.3 Å². The molecule has 2 aromatic heterocycles. The lowest BCUT2D eigenvalue weighted by atomic mass is 10.0. The van der Waals surface area contributed by atoms with Gasteiger partial charge in [0, 0.05) is 30.5 Å². The summed E-state index contributed by atoms with van der Waals surface area (Å²) in [6.07, 6.45) is 0. The molecule has 0 aromatic carbocycles. The molecule has 2 atom stereocenters. The molecule has 7 nitrogen and oxygen atoms in total. The lowest BCUT2D eigenvalue weighted by molar-refractivity contribution is -0.131. The molecule has 2 N–H and O–H groups in total. The van der Waals surface area contributed by atoms with Gasteiger partial charge < -0.3 is 15.1 Å². The maximum absolute atomic E-state index is 12.6. The fourth-order valence-electron chi connectivity index (χ4n) is 3.19. The highest BCUT2D eigenvalue weighted by Gasteiger charge is 2.35. The fraction of sp³-hybridized carbons (Fsp3) is 0.471. The number of likely N-dealkylation sites (tertiary alicyclic amines) is 1. The van der Waals surface area contributed by atoms with Crippen LogP contribution in [0.2, 0.25) is 0 Å². The van der Waals surface area contributed by atoms with E-state index in [1.54, 1.807) is 24.8 Å². The number of hydrogen-bond donors (Lipinski definition) is 1. The van der Waals surface area contributed by atoms with E-state index in [1.165, 1.54) is 4.57 Å². The third-order valence-corrected chi connectivity index (χ3v) is 4.48. The monoisotopic (exact) mass is 330 g/mol. The van der Waals surface area contributed by atoms with Crippen LogP contribution in [0.5, 0.6) is 0 Å². The summed E-state index contributed by atoms with van der Waals surface area (Å²) in [7, 11) is 0. The average molecular weight is 330 g/mol. The molecular weight excluding hydrogens is 308 g/mol. The molecule has 7 heteroatoms. The van der Waals surface area contributed by atoms with Crippen molar-refractivity contribution < 1.29 is 9.21 Å². The standard InChI is InChI=1S/C17H22N4O3/c1-10-6-11(2)21(17(23)19-10)9-16(22)20-7-13(14(18)8-20)15-5-4-12(3)24-15/h4-6,13-14H,7-9,18H2,1-3H3/t13-,14-/m0/s1. The van der Waals surface area contributed by atoms with Crippen LogP contribution in [0.1, 0.15) is 28.8 Å². The van der Waals surface area contributed by atoms with E-state index in [1.807, 2.05) is 19.1 Å². The predicted octanol–water partition coefficient (Wildman–Crippen LogP) is 0.715. The molecule has 1 aliphatic heterocycles. The Morgan fingerprint density at radius 1 is 1.33 bits per heavy atom. The van der Waals surface area contributed by atoms with Crippen LogP contribution in [-0.4, -0.2) is 39.5 Å². The molecule has 0 spiro atoms. The summed E-state index contributed by atoms with van der Waals surface area (Å²) in [6.45, 7) is 6.38. The first-order valence-electron chi connectivity index (χ1n) is 8.00. The predicted molar refractivity (Wildman–Crippen MR) is 88.7 cm³/mol. The molecule has 0 unspecified atom stereocenters. The topological polar surface area (TPSA) is 94.4 Å². The van der Waals surface area contributed by atoms with Crippen LogP contribution in [0.25, 0.3) is 0 Å². The molecule has 1 amide bonds. The van der Waals surface area contributed by atoms with Crippen molar-refractivity contribution in [3.8, 4) is 0 Å². The van der Waals surface area contributed by atoms with E-state index in [2.05, 4.69) is 4.98 Å². The molecule has 3 heterocycles. The fourth-order valence-corrected chi connectivity index (χ4v) is 3.19. The van der Waals surface area contributed by atoms with Gasteiger partial charge in [-0.25, -0.2) is 4.79 Å². The van der Waals surface area contributed by atoms with Crippen LogP contribution >= 0.6 is 0 Å². The van der Waals surface area contributed by atoms with Crippen molar-refractivity contribution in [3.05, 3.63) is 51.6 Å². The van der Waals surface area contributed by atoms with Crippen molar-refractivity contribution in [2.75, 3.05) is 13.1 Å². The van der Waals surface area contributed by atoms with Crippen LogP contribution in [0.15, 0.2) is 27.4 Å². The van der Waals surface area contributed by atoms with Crippen molar-refractivity contribution in [2.24, 2.45) is 5.73 Å². The number of aryl methyl sites for hydroxylation is 3. The quantitative estimate of drug-likeness (QED) is 0.894. The largest absolute Gasteiger partial charge is 0.466 e. The van der Waals surface area contributed by atoms with Gasteiger partial charge in [-0.15, -0.1) is 0 Å². The van der Waals surface area contributed by atoms with Gasteiger partial charge in [0.1, 0.15) is 18.1 Å². The molecule has 1 saturated heterocycles. The zero-order valence-corrected chi connectivity index (χ0v) is 14.2. The summed E-state index contributed by atoms with van der Waals surface area (Å²) in [6, 6.07) is 5.42. The summed E-state index contributed by atoms with van der Waals surface area (Å²) in [5, 5.41) is 0. The van der Waals surface area contributed by atoms with E-state index >= 15 is 0 Å². The number of carbonyl (C=O) groups excluding carboxylic acids is 1. The van der Waals surface area contributed by atoms with E-state index in [0.717, 1.165) is 17.2 Å². The molecule has 1 aliphatic rings. The van der Waals surface area contributed by atoms with E-state index in [4.69, 9.17) is 10.2 Å². The van der Waals surface area contributed by atoms with Gasteiger partial charge in [0.05, 0.1) is 5.92 Å². The first-order valence-corrected chi connectivity index (χ1v) is 8.00. The molecular formula is C17H22N4O3. The first kappa shape index (κ1) is 16.4. The number of aromatic nitrogens is 2. The minimum absolute atomic E-state index is 0.0170. The van der Waals surface area contributed by atoms with Crippen LogP contribution in [0.3, 0.4) is 0 Å². The maximum atomic E-state index is 12.6. The summed E-state index contributed by atoms with van der Waals surface area (Å²) in [4.78, 5) is 30.2. The zero-order chi connectivity index (χ0) is 17.4. The van der Waals surface area contributed by atoms with Gasteiger partial charge in [0.15, 0.2) is 0 Å². The minimum atomic E-state index is -0.400. The molecule has 1 fully saturated rings. The number of rotatable bonds is 3. The Balaban J connectivity index is 1.74. The molecule has 24 heavy (non-hydrogen) atoms. The van der Waals surface area contributed by atoms with Crippen molar-refractivity contribution >= 4 is 5.91 Å². The lowest BCUT2D eigenvalue weighted by Gasteiger charge is -2.17. The minimum Gasteiger partial charge on any atom is -0.466 e. The van der Waals surface area contributed by atoms with Gasteiger partial charge in [-0.2, -0.15) is 4.98 Å². The first-order chi connectivity index (χ1) is 11.3. The number of carbonyl (C=O) groups is 1. The normalized spacial score (nSPS) is 20.6. The SMILES string of the molecule is Cc1cc(C)n(CC(=O)N2C[C@H](c3ccc(C)o3)[C@@H](N)C2)c(=O)n1. The number of nitrogens with two attached hydrogens (primary N) is 1. The lowest BCUT2D eigenvalue weighted by Crippen LogP contribution is -2.38.